The van der Waals surface area contributed by atoms with Gasteiger partial charge in [0.15, 0.2) is 0 Å². The smallest absolute Gasteiger partial charge is 0.124 e. The van der Waals surface area contributed by atoms with Crippen LogP contribution in [0.15, 0.2) is 0 Å². The van der Waals surface area contributed by atoms with E-state index in [1.54, 1.807) is 5.01 Å². The predicted molar refractivity (Wildman–Crippen MR) is 26.9 cm³/mol. The molecule has 0 aromatic heterocycles. The maximum atomic E-state index is 5.37. The van der Waals surface area contributed by atoms with Crippen molar-refractivity contribution in [1.29, 1.82) is 0 Å². The molecule has 1 fully saturated rings. The van der Waals surface area contributed by atoms with Crippen LogP contribution in [-0.2, 0) is 0 Å². The highest BCUT2D eigenvalue weighted by Gasteiger charge is 2.14. The first kappa shape index (κ1) is 4.99. The largest absolute Gasteiger partial charge is 0.302 e. The molecule has 0 aliphatic carbocycles. The Labute approximate surface area is 42.4 Å². The molecular formula is C3H10N4. The monoisotopic (exact) mass is 102 g/mol. The van der Waals surface area contributed by atoms with E-state index in [2.05, 4.69) is 5.32 Å². The Morgan fingerprint density at radius 2 is 2.43 bits per heavy atom. The summed E-state index contributed by atoms with van der Waals surface area (Å²) in [5.41, 5.74) is 5.37. The molecule has 0 saturated carbocycles. The summed E-state index contributed by atoms with van der Waals surface area (Å²) >= 11 is 0. The molecule has 1 atom stereocenters. The van der Waals surface area contributed by atoms with Crippen molar-refractivity contribution in [1.82, 2.24) is 10.3 Å². The Kier molecular flexibility index (Phi) is 1.25. The Hall–Kier alpha value is -0.160. The molecule has 1 aliphatic rings. The van der Waals surface area contributed by atoms with E-state index in [0.717, 1.165) is 13.1 Å². The third kappa shape index (κ3) is 0.889. The van der Waals surface area contributed by atoms with Crippen molar-refractivity contribution >= 4 is 0 Å². The lowest BCUT2D eigenvalue weighted by Crippen LogP contribution is -2.47. The molecule has 0 aromatic rings. The first-order valence-corrected chi connectivity index (χ1v) is 2.31. The molecule has 1 heterocycles. The van der Waals surface area contributed by atoms with Gasteiger partial charge in [0.1, 0.15) is 6.29 Å². The molecule has 4 heteroatoms. The average Bonchev–Trinajstić information content (AvgIpc) is 1.91. The van der Waals surface area contributed by atoms with Crippen LogP contribution in [-0.4, -0.2) is 24.4 Å². The molecule has 0 spiro atoms. The molecule has 1 rings (SSSR count). The summed E-state index contributed by atoms with van der Waals surface area (Å²) < 4.78 is 0. The second kappa shape index (κ2) is 1.75. The van der Waals surface area contributed by atoms with Crippen molar-refractivity contribution in [2.24, 2.45) is 11.6 Å². The van der Waals surface area contributed by atoms with Gasteiger partial charge in [-0.25, -0.2) is 5.01 Å². The zero-order valence-electron chi connectivity index (χ0n) is 4.09. The lowest BCUT2D eigenvalue weighted by atomic mass is 10.7. The SMILES string of the molecule is NC1NCCN1N. The van der Waals surface area contributed by atoms with Crippen molar-refractivity contribution in [2.45, 2.75) is 6.29 Å². The molecular weight excluding hydrogens is 92.1 g/mol. The average molecular weight is 102 g/mol. The fourth-order valence-electron chi connectivity index (χ4n) is 0.598. The Morgan fingerprint density at radius 3 is 2.57 bits per heavy atom. The number of hydrogen-bond acceptors (Lipinski definition) is 4. The highest BCUT2D eigenvalue weighted by atomic mass is 15.5. The maximum absolute atomic E-state index is 5.37. The molecule has 0 amide bonds. The second-order valence-corrected chi connectivity index (χ2v) is 1.64. The van der Waals surface area contributed by atoms with Gasteiger partial charge < -0.3 is 5.73 Å². The zero-order chi connectivity index (χ0) is 5.28. The van der Waals surface area contributed by atoms with Crippen LogP contribution in [0.3, 0.4) is 0 Å². The van der Waals surface area contributed by atoms with Crippen LogP contribution in [0.1, 0.15) is 0 Å². The number of hydrogen-bond donors (Lipinski definition) is 3. The van der Waals surface area contributed by atoms with E-state index in [1.807, 2.05) is 0 Å². The van der Waals surface area contributed by atoms with E-state index in [1.165, 1.54) is 0 Å². The fraction of sp³-hybridized carbons (Fsp3) is 1.00. The number of hydrazine groups is 1. The molecule has 4 nitrogen and oxygen atoms in total. The van der Waals surface area contributed by atoms with Crippen LogP contribution in [0.25, 0.3) is 0 Å². The second-order valence-electron chi connectivity index (χ2n) is 1.64. The normalized spacial score (nSPS) is 34.3. The Bertz CT molecular complexity index is 56.0. The van der Waals surface area contributed by atoms with Crippen LogP contribution >= 0.6 is 0 Å². The molecule has 42 valence electrons. The number of nitrogens with one attached hydrogen (secondary N) is 1. The van der Waals surface area contributed by atoms with Crippen molar-refractivity contribution in [2.75, 3.05) is 13.1 Å². The summed E-state index contributed by atoms with van der Waals surface area (Å²) in [5, 5.41) is 4.52. The first-order chi connectivity index (χ1) is 3.30. The van der Waals surface area contributed by atoms with E-state index in [4.69, 9.17) is 11.6 Å². The highest BCUT2D eigenvalue weighted by molar-refractivity contribution is 4.66. The van der Waals surface area contributed by atoms with Crippen LogP contribution in [0.2, 0.25) is 0 Å². The molecule has 5 N–H and O–H groups in total. The van der Waals surface area contributed by atoms with Gasteiger partial charge in [0, 0.05) is 13.1 Å². The summed E-state index contributed by atoms with van der Waals surface area (Å²) in [6.45, 7) is 1.75. The van der Waals surface area contributed by atoms with Crippen LogP contribution in [0, 0.1) is 0 Å². The Morgan fingerprint density at radius 1 is 1.71 bits per heavy atom. The molecule has 1 unspecified atom stereocenters. The lowest BCUT2D eigenvalue weighted by molar-refractivity contribution is 0.255. The van der Waals surface area contributed by atoms with Crippen LogP contribution in [0.4, 0.5) is 0 Å². The van der Waals surface area contributed by atoms with Crippen LogP contribution in [0.5, 0.6) is 0 Å². The van der Waals surface area contributed by atoms with Gasteiger partial charge in [0.25, 0.3) is 0 Å². The van der Waals surface area contributed by atoms with Gasteiger partial charge in [-0.3, -0.25) is 11.2 Å². The molecule has 0 aromatic carbocycles. The minimum absolute atomic E-state index is 0.125. The fourth-order valence-corrected chi connectivity index (χ4v) is 0.598. The lowest BCUT2D eigenvalue weighted by Gasteiger charge is -2.11. The van der Waals surface area contributed by atoms with Gasteiger partial charge >= 0.3 is 0 Å². The van der Waals surface area contributed by atoms with Gasteiger partial charge in [0.05, 0.1) is 0 Å². The summed E-state index contributed by atoms with van der Waals surface area (Å²) in [4.78, 5) is 0. The van der Waals surface area contributed by atoms with Gasteiger partial charge in [-0.1, -0.05) is 0 Å². The molecule has 7 heavy (non-hydrogen) atoms. The standard InChI is InChI=1S/C3H10N4/c4-3-6-1-2-7(3)5/h3,6H,1-2,4-5H2. The van der Waals surface area contributed by atoms with Crippen molar-refractivity contribution in [3.05, 3.63) is 0 Å². The molecule has 1 aliphatic heterocycles. The van der Waals surface area contributed by atoms with E-state index < -0.39 is 0 Å². The first-order valence-electron chi connectivity index (χ1n) is 2.31. The molecule has 0 bridgehead atoms. The minimum Gasteiger partial charge on any atom is -0.302 e. The van der Waals surface area contributed by atoms with Crippen molar-refractivity contribution < 1.29 is 0 Å². The minimum atomic E-state index is -0.125. The maximum Gasteiger partial charge on any atom is 0.124 e. The summed E-state index contributed by atoms with van der Waals surface area (Å²) in [5.74, 6) is 5.32. The topological polar surface area (TPSA) is 67.3 Å². The third-order valence-corrected chi connectivity index (χ3v) is 1.08. The predicted octanol–water partition coefficient (Wildman–Crippen LogP) is -1.99. The van der Waals surface area contributed by atoms with E-state index in [0.29, 0.717) is 0 Å². The van der Waals surface area contributed by atoms with Gasteiger partial charge in [-0.2, -0.15) is 0 Å². The number of nitrogens with zero attached hydrogens (tertiary/aromatic N) is 1. The number of nitrogens with two attached hydrogens (primary N) is 2. The summed E-state index contributed by atoms with van der Waals surface area (Å²) in [7, 11) is 0. The molecule has 0 radical (unpaired) electrons. The van der Waals surface area contributed by atoms with E-state index in [-0.39, 0.29) is 6.29 Å². The summed E-state index contributed by atoms with van der Waals surface area (Å²) in [6.07, 6.45) is -0.125. The zero-order valence-corrected chi connectivity index (χ0v) is 4.09. The van der Waals surface area contributed by atoms with Crippen LogP contribution < -0.4 is 16.9 Å². The highest BCUT2D eigenvalue weighted by Crippen LogP contribution is 1.85. The number of rotatable bonds is 0. The van der Waals surface area contributed by atoms with Gasteiger partial charge in [-0.05, 0) is 0 Å². The third-order valence-electron chi connectivity index (χ3n) is 1.08. The Balaban J connectivity index is 2.33. The van der Waals surface area contributed by atoms with E-state index in [9.17, 15) is 0 Å². The van der Waals surface area contributed by atoms with Crippen molar-refractivity contribution in [3.63, 3.8) is 0 Å². The molecule has 1 saturated heterocycles. The van der Waals surface area contributed by atoms with Gasteiger partial charge in [-0.15, -0.1) is 0 Å². The van der Waals surface area contributed by atoms with Crippen molar-refractivity contribution in [3.8, 4) is 0 Å². The quantitative estimate of drug-likeness (QED) is 0.310. The van der Waals surface area contributed by atoms with E-state index >= 15 is 0 Å². The summed E-state index contributed by atoms with van der Waals surface area (Å²) in [6, 6.07) is 0. The van der Waals surface area contributed by atoms with Gasteiger partial charge in [0.2, 0.25) is 0 Å².